The van der Waals surface area contributed by atoms with Crippen molar-refractivity contribution in [2.24, 2.45) is 4.99 Å². The second kappa shape index (κ2) is 11.0. The zero-order chi connectivity index (χ0) is 19.3. The third kappa shape index (κ3) is 6.07. The standard InChI is InChI=1S/C23H36N4O.HI/c1-3-24-23(26-21-14-20-11-12-22(21)28-20)25-15-18-7-9-19(10-8-18)16-27-13-5-4-6-17(27)2;/h7-10,17,20-22H,3-6,11-16H2,1-2H3,(H2,24,25,26);1H. The van der Waals surface area contributed by atoms with Crippen LogP contribution in [-0.4, -0.2) is 48.2 Å². The largest absolute Gasteiger partial charge is 0.373 e. The first kappa shape index (κ1) is 22.8. The maximum atomic E-state index is 5.96. The molecule has 3 aliphatic rings. The quantitative estimate of drug-likeness (QED) is 0.343. The average Bonchev–Trinajstić information content (AvgIpc) is 3.32. The van der Waals surface area contributed by atoms with Crippen molar-refractivity contribution >= 4 is 29.9 Å². The first-order valence-electron chi connectivity index (χ1n) is 11.2. The smallest absolute Gasteiger partial charge is 0.191 e. The lowest BCUT2D eigenvalue weighted by atomic mass is 9.96. The molecular formula is C23H37IN4O. The summed E-state index contributed by atoms with van der Waals surface area (Å²) in [6.07, 6.45) is 8.39. The zero-order valence-electron chi connectivity index (χ0n) is 17.9. The molecule has 1 aromatic carbocycles. The summed E-state index contributed by atoms with van der Waals surface area (Å²) in [6, 6.07) is 10.1. The average molecular weight is 512 g/mol. The van der Waals surface area contributed by atoms with E-state index in [1.165, 1.54) is 49.8 Å². The Bertz CT molecular complexity index is 665. The highest BCUT2D eigenvalue weighted by Gasteiger charge is 2.41. The Hall–Kier alpha value is -0.860. The molecule has 5 nitrogen and oxygen atoms in total. The van der Waals surface area contributed by atoms with E-state index < -0.39 is 0 Å². The zero-order valence-corrected chi connectivity index (χ0v) is 20.2. The summed E-state index contributed by atoms with van der Waals surface area (Å²) in [5.41, 5.74) is 2.67. The predicted molar refractivity (Wildman–Crippen MR) is 130 cm³/mol. The van der Waals surface area contributed by atoms with Gasteiger partial charge in [-0.15, -0.1) is 24.0 Å². The Morgan fingerprint density at radius 2 is 1.93 bits per heavy atom. The van der Waals surface area contributed by atoms with Crippen molar-refractivity contribution in [1.82, 2.24) is 15.5 Å². The highest BCUT2D eigenvalue weighted by molar-refractivity contribution is 14.0. The molecule has 0 aromatic heterocycles. The van der Waals surface area contributed by atoms with Crippen LogP contribution in [-0.2, 0) is 17.8 Å². The van der Waals surface area contributed by atoms with Gasteiger partial charge in [0.2, 0.25) is 0 Å². The van der Waals surface area contributed by atoms with Gasteiger partial charge < -0.3 is 15.4 Å². The summed E-state index contributed by atoms with van der Waals surface area (Å²) in [4.78, 5) is 7.43. The monoisotopic (exact) mass is 512 g/mol. The number of nitrogens with zero attached hydrogens (tertiary/aromatic N) is 2. The van der Waals surface area contributed by atoms with Crippen molar-refractivity contribution < 1.29 is 4.74 Å². The molecule has 0 aliphatic carbocycles. The second-order valence-electron chi connectivity index (χ2n) is 8.69. The Balaban J connectivity index is 0.00000240. The number of piperidine rings is 1. The van der Waals surface area contributed by atoms with Gasteiger partial charge in [0.05, 0.1) is 24.8 Å². The number of halogens is 1. The molecular weight excluding hydrogens is 475 g/mol. The summed E-state index contributed by atoms with van der Waals surface area (Å²) in [7, 11) is 0. The normalized spacial score (nSPS) is 29.5. The topological polar surface area (TPSA) is 48.9 Å². The Morgan fingerprint density at radius 1 is 1.14 bits per heavy atom. The van der Waals surface area contributed by atoms with Crippen LogP contribution < -0.4 is 10.6 Å². The van der Waals surface area contributed by atoms with Gasteiger partial charge in [-0.05, 0) is 63.6 Å². The number of ether oxygens (including phenoxy) is 1. The first-order chi connectivity index (χ1) is 13.7. The molecule has 3 aliphatic heterocycles. The molecule has 4 atom stereocenters. The summed E-state index contributed by atoms with van der Waals surface area (Å²) in [5.74, 6) is 0.912. The number of guanidine groups is 1. The fourth-order valence-corrected chi connectivity index (χ4v) is 4.83. The minimum absolute atomic E-state index is 0. The molecule has 1 aromatic rings. The minimum Gasteiger partial charge on any atom is -0.373 e. The Morgan fingerprint density at radius 3 is 2.59 bits per heavy atom. The molecule has 0 amide bonds. The van der Waals surface area contributed by atoms with Crippen LogP contribution in [0.1, 0.15) is 63.5 Å². The predicted octanol–water partition coefficient (Wildman–Crippen LogP) is 4.05. The highest BCUT2D eigenvalue weighted by atomic mass is 127. The van der Waals surface area contributed by atoms with Crippen LogP contribution in [0.3, 0.4) is 0 Å². The van der Waals surface area contributed by atoms with Crippen LogP contribution in [0, 0.1) is 0 Å². The van der Waals surface area contributed by atoms with Gasteiger partial charge in [-0.3, -0.25) is 4.90 Å². The fraction of sp³-hybridized carbons (Fsp3) is 0.696. The van der Waals surface area contributed by atoms with E-state index in [1.54, 1.807) is 0 Å². The van der Waals surface area contributed by atoms with Crippen LogP contribution in [0.15, 0.2) is 29.3 Å². The van der Waals surface area contributed by atoms with Crippen molar-refractivity contribution in [2.75, 3.05) is 13.1 Å². The number of hydrogen-bond donors (Lipinski definition) is 2. The molecule has 3 saturated heterocycles. The molecule has 4 rings (SSSR count). The Kier molecular flexibility index (Phi) is 8.62. The molecule has 29 heavy (non-hydrogen) atoms. The number of nitrogens with one attached hydrogen (secondary N) is 2. The molecule has 162 valence electrons. The SMILES string of the molecule is CCNC(=NCc1ccc(CN2CCCCC2C)cc1)NC1CC2CCC1O2.I. The van der Waals surface area contributed by atoms with Gasteiger partial charge in [-0.1, -0.05) is 30.7 Å². The van der Waals surface area contributed by atoms with E-state index in [0.29, 0.717) is 30.8 Å². The van der Waals surface area contributed by atoms with Crippen molar-refractivity contribution in [3.8, 4) is 0 Å². The van der Waals surface area contributed by atoms with E-state index in [2.05, 4.69) is 53.6 Å². The van der Waals surface area contributed by atoms with Gasteiger partial charge in [0.15, 0.2) is 5.96 Å². The molecule has 4 unspecified atom stereocenters. The van der Waals surface area contributed by atoms with E-state index in [0.717, 1.165) is 25.5 Å². The Labute approximate surface area is 193 Å². The maximum absolute atomic E-state index is 5.96. The summed E-state index contributed by atoms with van der Waals surface area (Å²) in [5, 5.41) is 6.98. The van der Waals surface area contributed by atoms with E-state index in [1.807, 2.05) is 0 Å². The fourth-order valence-electron chi connectivity index (χ4n) is 4.83. The lowest BCUT2D eigenvalue weighted by Crippen LogP contribution is -2.47. The molecule has 2 bridgehead atoms. The third-order valence-corrected chi connectivity index (χ3v) is 6.54. The van der Waals surface area contributed by atoms with Gasteiger partial charge >= 0.3 is 0 Å². The number of aliphatic imine (C=N–C) groups is 1. The number of likely N-dealkylation sites (tertiary alicyclic amines) is 1. The highest BCUT2D eigenvalue weighted by Crippen LogP contribution is 2.34. The van der Waals surface area contributed by atoms with Gasteiger partial charge in [-0.25, -0.2) is 4.99 Å². The summed E-state index contributed by atoms with van der Waals surface area (Å²) >= 11 is 0. The summed E-state index contributed by atoms with van der Waals surface area (Å²) in [6.45, 7) is 8.36. The number of rotatable bonds is 6. The molecule has 0 spiro atoms. The number of benzene rings is 1. The van der Waals surface area contributed by atoms with Crippen molar-refractivity contribution in [2.45, 2.75) is 89.8 Å². The van der Waals surface area contributed by atoms with Gasteiger partial charge in [0.1, 0.15) is 0 Å². The molecule has 0 saturated carbocycles. The van der Waals surface area contributed by atoms with E-state index in [4.69, 9.17) is 9.73 Å². The van der Waals surface area contributed by atoms with E-state index in [-0.39, 0.29) is 24.0 Å². The number of hydrogen-bond acceptors (Lipinski definition) is 3. The summed E-state index contributed by atoms with van der Waals surface area (Å²) < 4.78 is 5.96. The van der Waals surface area contributed by atoms with Gasteiger partial charge in [0.25, 0.3) is 0 Å². The first-order valence-corrected chi connectivity index (χ1v) is 11.2. The molecule has 3 heterocycles. The van der Waals surface area contributed by atoms with Crippen LogP contribution in [0.25, 0.3) is 0 Å². The maximum Gasteiger partial charge on any atom is 0.191 e. The van der Waals surface area contributed by atoms with E-state index in [9.17, 15) is 0 Å². The lowest BCUT2D eigenvalue weighted by Gasteiger charge is -2.33. The third-order valence-electron chi connectivity index (χ3n) is 6.54. The van der Waals surface area contributed by atoms with Crippen molar-refractivity contribution in [1.29, 1.82) is 0 Å². The minimum atomic E-state index is 0. The van der Waals surface area contributed by atoms with Crippen LogP contribution in [0.2, 0.25) is 0 Å². The lowest BCUT2D eigenvalue weighted by molar-refractivity contribution is 0.0992. The second-order valence-corrected chi connectivity index (χ2v) is 8.69. The van der Waals surface area contributed by atoms with Crippen LogP contribution in [0.5, 0.6) is 0 Å². The molecule has 0 radical (unpaired) electrons. The molecule has 3 fully saturated rings. The van der Waals surface area contributed by atoms with Crippen LogP contribution >= 0.6 is 24.0 Å². The van der Waals surface area contributed by atoms with Crippen LogP contribution in [0.4, 0.5) is 0 Å². The van der Waals surface area contributed by atoms with Gasteiger partial charge in [-0.2, -0.15) is 0 Å². The van der Waals surface area contributed by atoms with E-state index >= 15 is 0 Å². The molecule has 6 heteroatoms. The molecule has 2 N–H and O–H groups in total. The van der Waals surface area contributed by atoms with Crippen molar-refractivity contribution in [3.63, 3.8) is 0 Å². The van der Waals surface area contributed by atoms with Crippen molar-refractivity contribution in [3.05, 3.63) is 35.4 Å². The van der Waals surface area contributed by atoms with Gasteiger partial charge in [0, 0.05) is 19.1 Å². The number of fused-ring (bicyclic) bond motifs is 2.